The quantitative estimate of drug-likeness (QED) is 0.690. The van der Waals surface area contributed by atoms with Crippen LogP contribution in [0.2, 0.25) is 0 Å². The molecule has 2 aromatic heterocycles. The molecule has 0 saturated heterocycles. The minimum absolute atomic E-state index is 0.108. The Morgan fingerprint density at radius 3 is 2.56 bits per heavy atom. The Balaban J connectivity index is 1.94. The summed E-state index contributed by atoms with van der Waals surface area (Å²) in [6, 6.07) is 8.98. The number of pyridine rings is 1. The topological polar surface area (TPSA) is 68.0 Å². The summed E-state index contributed by atoms with van der Waals surface area (Å²) in [6.45, 7) is 1.63. The van der Waals surface area contributed by atoms with Gasteiger partial charge in [0, 0.05) is 17.0 Å². The highest BCUT2D eigenvalue weighted by Gasteiger charge is 2.32. The van der Waals surface area contributed by atoms with Crippen LogP contribution in [0, 0.1) is 0 Å². The number of carboxylic acids is 1. The van der Waals surface area contributed by atoms with Crippen LogP contribution in [0.3, 0.4) is 0 Å². The number of fused-ring (bicyclic) bond motifs is 1. The monoisotopic (exact) mass is 371 g/mol. The number of halogens is 2. The zero-order valence-electron chi connectivity index (χ0n) is 14.8. The maximum atomic E-state index is 13.9. The predicted octanol–water partition coefficient (Wildman–Crippen LogP) is 4.56. The van der Waals surface area contributed by atoms with E-state index in [-0.39, 0.29) is 17.1 Å². The first kappa shape index (κ1) is 17.6. The first-order valence-electron chi connectivity index (χ1n) is 8.98. The molecule has 140 valence electrons. The molecule has 4 rings (SSSR count). The van der Waals surface area contributed by atoms with E-state index in [1.165, 1.54) is 10.7 Å². The molecule has 1 saturated carbocycles. The van der Waals surface area contributed by atoms with Crippen LogP contribution in [0.1, 0.15) is 48.9 Å². The standard InChI is InChI=1S/C20H19F2N3O2/c1-2-11-3-5-12(6-4-11)15-9-14(19(21)22)17-18(13-7-8-13)24-25(10-16(26)27)20(17)23-15/h3-6,9,13,19H,2,7-8,10H2,1H3,(H,26,27). The molecule has 1 aromatic carbocycles. The second-order valence-electron chi connectivity index (χ2n) is 6.86. The van der Waals surface area contributed by atoms with E-state index in [1.54, 1.807) is 0 Å². The van der Waals surface area contributed by atoms with Gasteiger partial charge in [-0.2, -0.15) is 5.10 Å². The summed E-state index contributed by atoms with van der Waals surface area (Å²) in [6.07, 6.45) is -0.0563. The van der Waals surface area contributed by atoms with E-state index in [1.807, 2.05) is 31.2 Å². The van der Waals surface area contributed by atoms with E-state index < -0.39 is 18.9 Å². The van der Waals surface area contributed by atoms with Crippen molar-refractivity contribution in [1.82, 2.24) is 14.8 Å². The summed E-state index contributed by atoms with van der Waals surface area (Å²) in [5.41, 5.74) is 2.88. The van der Waals surface area contributed by atoms with Crippen LogP contribution in [0.15, 0.2) is 30.3 Å². The summed E-state index contributed by atoms with van der Waals surface area (Å²) in [5.74, 6) is -0.976. The Kier molecular flexibility index (Phi) is 4.37. The smallest absolute Gasteiger partial charge is 0.325 e. The molecule has 3 aromatic rings. The number of aryl methyl sites for hydroxylation is 1. The van der Waals surface area contributed by atoms with E-state index in [4.69, 9.17) is 0 Å². The molecule has 0 radical (unpaired) electrons. The van der Waals surface area contributed by atoms with Gasteiger partial charge in [-0.3, -0.25) is 4.79 Å². The van der Waals surface area contributed by atoms with Crippen molar-refractivity contribution in [3.05, 3.63) is 47.2 Å². The molecule has 5 nitrogen and oxygen atoms in total. The molecule has 0 amide bonds. The van der Waals surface area contributed by atoms with Gasteiger partial charge in [0.25, 0.3) is 6.43 Å². The SMILES string of the molecule is CCc1ccc(-c2cc(C(F)F)c3c(C4CC4)nn(CC(=O)O)c3n2)cc1. The molecule has 0 spiro atoms. The highest BCUT2D eigenvalue weighted by molar-refractivity contribution is 5.87. The zero-order chi connectivity index (χ0) is 19.1. The number of hydrogen-bond donors (Lipinski definition) is 1. The van der Waals surface area contributed by atoms with Gasteiger partial charge in [-0.05, 0) is 30.9 Å². The van der Waals surface area contributed by atoms with Crippen molar-refractivity contribution >= 4 is 17.0 Å². The van der Waals surface area contributed by atoms with E-state index in [0.717, 1.165) is 24.8 Å². The number of aromatic nitrogens is 3. The number of nitrogens with zero attached hydrogens (tertiary/aromatic N) is 3. The first-order valence-corrected chi connectivity index (χ1v) is 8.98. The van der Waals surface area contributed by atoms with Gasteiger partial charge in [0.2, 0.25) is 0 Å². The molecule has 0 aliphatic heterocycles. The van der Waals surface area contributed by atoms with Crippen molar-refractivity contribution < 1.29 is 18.7 Å². The molecule has 1 fully saturated rings. The van der Waals surface area contributed by atoms with Crippen LogP contribution in [0.25, 0.3) is 22.3 Å². The van der Waals surface area contributed by atoms with Crippen molar-refractivity contribution in [2.45, 2.75) is 45.1 Å². The number of aliphatic carboxylic acids is 1. The van der Waals surface area contributed by atoms with Gasteiger partial charge >= 0.3 is 5.97 Å². The van der Waals surface area contributed by atoms with E-state index in [9.17, 15) is 18.7 Å². The van der Waals surface area contributed by atoms with E-state index >= 15 is 0 Å². The van der Waals surface area contributed by atoms with Gasteiger partial charge in [0.15, 0.2) is 5.65 Å². The molecule has 1 aliphatic rings. The lowest BCUT2D eigenvalue weighted by molar-refractivity contribution is -0.137. The number of hydrogen-bond acceptors (Lipinski definition) is 3. The maximum absolute atomic E-state index is 13.9. The number of rotatable bonds is 6. The third-order valence-electron chi connectivity index (χ3n) is 4.90. The summed E-state index contributed by atoms with van der Waals surface area (Å²) < 4.78 is 29.0. The number of alkyl halides is 2. The summed E-state index contributed by atoms with van der Waals surface area (Å²) in [5, 5.41) is 13.8. The normalized spacial score (nSPS) is 14.2. The molecule has 0 bridgehead atoms. The van der Waals surface area contributed by atoms with Gasteiger partial charge in [-0.15, -0.1) is 0 Å². The number of carboxylic acid groups (broad SMARTS) is 1. The van der Waals surface area contributed by atoms with Crippen molar-refractivity contribution in [3.8, 4) is 11.3 Å². The van der Waals surface area contributed by atoms with Gasteiger partial charge in [-0.25, -0.2) is 18.4 Å². The fourth-order valence-electron chi connectivity index (χ4n) is 3.34. The molecule has 0 unspecified atom stereocenters. The van der Waals surface area contributed by atoms with Gasteiger partial charge in [0.1, 0.15) is 6.54 Å². The highest BCUT2D eigenvalue weighted by Crippen LogP contribution is 2.45. The van der Waals surface area contributed by atoms with Crippen LogP contribution < -0.4 is 0 Å². The third kappa shape index (κ3) is 3.29. The van der Waals surface area contributed by atoms with Crippen LogP contribution in [0.5, 0.6) is 0 Å². The van der Waals surface area contributed by atoms with Gasteiger partial charge < -0.3 is 5.11 Å². The Labute approximate surface area is 154 Å². The Hall–Kier alpha value is -2.83. The fourth-order valence-corrected chi connectivity index (χ4v) is 3.34. The Morgan fingerprint density at radius 1 is 1.30 bits per heavy atom. The number of carbonyl (C=O) groups is 1. The highest BCUT2D eigenvalue weighted by atomic mass is 19.3. The predicted molar refractivity (Wildman–Crippen MR) is 96.9 cm³/mol. The van der Waals surface area contributed by atoms with Crippen LogP contribution in [-0.4, -0.2) is 25.8 Å². The lowest BCUT2D eigenvalue weighted by atomic mass is 10.0. The molecular formula is C20H19F2N3O2. The zero-order valence-corrected chi connectivity index (χ0v) is 14.8. The van der Waals surface area contributed by atoms with Crippen molar-refractivity contribution in [2.24, 2.45) is 0 Å². The van der Waals surface area contributed by atoms with Crippen LogP contribution in [-0.2, 0) is 17.8 Å². The average Bonchev–Trinajstić information content (AvgIpc) is 3.44. The van der Waals surface area contributed by atoms with Crippen molar-refractivity contribution in [2.75, 3.05) is 0 Å². The second-order valence-corrected chi connectivity index (χ2v) is 6.86. The molecule has 1 aliphatic carbocycles. The molecule has 1 N–H and O–H groups in total. The van der Waals surface area contributed by atoms with Crippen LogP contribution in [0.4, 0.5) is 8.78 Å². The third-order valence-corrected chi connectivity index (χ3v) is 4.90. The van der Waals surface area contributed by atoms with E-state index in [0.29, 0.717) is 22.3 Å². The van der Waals surface area contributed by atoms with Gasteiger partial charge in [0.05, 0.1) is 16.8 Å². The van der Waals surface area contributed by atoms with Crippen molar-refractivity contribution in [1.29, 1.82) is 0 Å². The maximum Gasteiger partial charge on any atom is 0.325 e. The summed E-state index contributed by atoms with van der Waals surface area (Å²) in [4.78, 5) is 15.7. The molecule has 0 atom stereocenters. The summed E-state index contributed by atoms with van der Waals surface area (Å²) >= 11 is 0. The minimum Gasteiger partial charge on any atom is -0.480 e. The van der Waals surface area contributed by atoms with E-state index in [2.05, 4.69) is 10.1 Å². The fraction of sp³-hybridized carbons (Fsp3) is 0.350. The lowest BCUT2D eigenvalue weighted by Crippen LogP contribution is -2.11. The first-order chi connectivity index (χ1) is 13.0. The summed E-state index contributed by atoms with van der Waals surface area (Å²) in [7, 11) is 0. The van der Waals surface area contributed by atoms with Crippen LogP contribution >= 0.6 is 0 Å². The molecule has 27 heavy (non-hydrogen) atoms. The molecule has 7 heteroatoms. The molecule has 2 heterocycles. The number of benzene rings is 1. The van der Waals surface area contributed by atoms with Gasteiger partial charge in [-0.1, -0.05) is 31.2 Å². The van der Waals surface area contributed by atoms with Crippen molar-refractivity contribution in [3.63, 3.8) is 0 Å². The Bertz CT molecular complexity index is 1010. The largest absolute Gasteiger partial charge is 0.480 e. The second kappa shape index (κ2) is 6.72. The minimum atomic E-state index is -2.69. The molecular weight excluding hydrogens is 352 g/mol. The average molecular weight is 371 g/mol. The Morgan fingerprint density at radius 2 is 2.00 bits per heavy atom. The lowest BCUT2D eigenvalue weighted by Gasteiger charge is -2.09.